The molecule has 0 spiro atoms. The van der Waals surface area contributed by atoms with E-state index >= 15 is 0 Å². The first kappa shape index (κ1) is 55.9. The lowest BCUT2D eigenvalue weighted by atomic mass is 9.85. The van der Waals surface area contributed by atoms with Gasteiger partial charge in [-0.1, -0.05) is 127 Å². The number of phosphoric ester groups is 1. The highest BCUT2D eigenvalue weighted by Gasteiger charge is 2.51. The van der Waals surface area contributed by atoms with E-state index in [1.165, 1.54) is 57.8 Å². The van der Waals surface area contributed by atoms with Gasteiger partial charge < -0.3 is 44.6 Å². The molecule has 0 bridgehead atoms. The van der Waals surface area contributed by atoms with Gasteiger partial charge in [0.05, 0.1) is 18.8 Å². The zero-order valence-electron chi connectivity index (χ0n) is 37.6. The van der Waals surface area contributed by atoms with Crippen molar-refractivity contribution in [2.45, 2.75) is 223 Å². The fourth-order valence-electron chi connectivity index (χ4n) is 7.08. The van der Waals surface area contributed by atoms with Gasteiger partial charge >= 0.3 is 19.8 Å². The van der Waals surface area contributed by atoms with Gasteiger partial charge in [0.15, 0.2) is 6.10 Å². The summed E-state index contributed by atoms with van der Waals surface area (Å²) < 4.78 is 39.2. The molecule has 1 aliphatic carbocycles. The molecule has 1 saturated carbocycles. The maximum absolute atomic E-state index is 12.8. The molecule has 2 aliphatic rings. The average Bonchev–Trinajstić information content (AvgIpc) is 4.01. The van der Waals surface area contributed by atoms with Crippen molar-refractivity contribution in [1.82, 2.24) is 0 Å². The third-order valence-electron chi connectivity index (χ3n) is 11.0. The van der Waals surface area contributed by atoms with Crippen LogP contribution >= 0.6 is 7.82 Å². The topological polar surface area (TPSA) is 222 Å². The molecule has 1 aliphatic heterocycles. The molecule has 5 unspecified atom stereocenters. The summed E-state index contributed by atoms with van der Waals surface area (Å²) >= 11 is 0. The molecule has 0 aromatic carbocycles. The van der Waals surface area contributed by atoms with Crippen LogP contribution < -0.4 is 0 Å². The number of epoxide rings is 1. The second-order valence-electron chi connectivity index (χ2n) is 16.6. The van der Waals surface area contributed by atoms with Crippen LogP contribution in [0.1, 0.15) is 168 Å². The molecule has 62 heavy (non-hydrogen) atoms. The average molecular weight is 901 g/mol. The Kier molecular flexibility index (Phi) is 30.8. The van der Waals surface area contributed by atoms with E-state index in [1.54, 1.807) is 0 Å². The number of aliphatic hydroxyl groups is 5. The molecule has 0 amide bonds. The Morgan fingerprint density at radius 1 is 0.565 bits per heavy atom. The first-order valence-corrected chi connectivity index (χ1v) is 25.1. The summed E-state index contributed by atoms with van der Waals surface area (Å²) in [5.74, 6) is -1.18. The second kappa shape index (κ2) is 34.2. The molecule has 1 heterocycles. The van der Waals surface area contributed by atoms with Crippen molar-refractivity contribution in [3.05, 3.63) is 48.6 Å². The van der Waals surface area contributed by atoms with Gasteiger partial charge in [-0.2, -0.15) is 0 Å². The van der Waals surface area contributed by atoms with E-state index in [1.807, 2.05) is 12.2 Å². The quantitative estimate of drug-likeness (QED) is 0.0114. The molecule has 0 aromatic rings. The van der Waals surface area contributed by atoms with E-state index in [0.717, 1.165) is 64.2 Å². The third-order valence-corrected chi connectivity index (χ3v) is 12.0. The zero-order chi connectivity index (χ0) is 45.4. The van der Waals surface area contributed by atoms with E-state index in [4.69, 9.17) is 23.3 Å². The Labute approximate surface area is 371 Å². The Bertz CT molecular complexity index is 1340. The van der Waals surface area contributed by atoms with Crippen molar-refractivity contribution in [2.24, 2.45) is 0 Å². The minimum absolute atomic E-state index is 0.0127. The molecule has 2 fully saturated rings. The Balaban J connectivity index is 1.74. The normalized spacial score (nSPS) is 25.5. The SMILES string of the molecule is CCCCC/C=C\CC1OC1C/C=C\C/C=C\CCCC(=O)O[C@H](COC(=O)CCCCCCC/C=C\CCCCCCCC)COP(=O)(O)OC1[C@H](O)[C@H](O)C(O)[C@H](O)[C@H]1O. The van der Waals surface area contributed by atoms with Crippen LogP contribution in [0.3, 0.4) is 0 Å². The van der Waals surface area contributed by atoms with Crippen LogP contribution in [0.4, 0.5) is 0 Å². The fraction of sp³-hybridized carbons (Fsp3) is 0.787. The maximum Gasteiger partial charge on any atom is 0.472 e. The number of phosphoric acid groups is 1. The number of carbonyl (C=O) groups is 2. The fourth-order valence-corrected chi connectivity index (χ4v) is 8.05. The van der Waals surface area contributed by atoms with E-state index in [2.05, 4.69) is 50.3 Å². The predicted octanol–water partition coefficient (Wildman–Crippen LogP) is 8.16. The highest BCUT2D eigenvalue weighted by atomic mass is 31.2. The minimum Gasteiger partial charge on any atom is -0.462 e. The van der Waals surface area contributed by atoms with Gasteiger partial charge in [-0.25, -0.2) is 4.57 Å². The van der Waals surface area contributed by atoms with Crippen molar-refractivity contribution in [3.63, 3.8) is 0 Å². The number of hydrogen-bond acceptors (Lipinski definition) is 13. The lowest BCUT2D eigenvalue weighted by molar-refractivity contribution is -0.220. The summed E-state index contributed by atoms with van der Waals surface area (Å²) in [5, 5.41) is 50.2. The molecule has 358 valence electrons. The molecule has 14 nitrogen and oxygen atoms in total. The van der Waals surface area contributed by atoms with Crippen molar-refractivity contribution in [1.29, 1.82) is 0 Å². The lowest BCUT2D eigenvalue weighted by Crippen LogP contribution is -2.64. The summed E-state index contributed by atoms with van der Waals surface area (Å²) in [6, 6.07) is 0. The van der Waals surface area contributed by atoms with Gasteiger partial charge in [0.2, 0.25) is 0 Å². The number of esters is 2. The molecule has 0 radical (unpaired) electrons. The number of aliphatic hydroxyl groups excluding tert-OH is 5. The predicted molar refractivity (Wildman–Crippen MR) is 239 cm³/mol. The zero-order valence-corrected chi connectivity index (χ0v) is 38.5. The van der Waals surface area contributed by atoms with Crippen molar-refractivity contribution in [3.8, 4) is 0 Å². The first-order valence-electron chi connectivity index (χ1n) is 23.6. The standard InChI is InChI=1S/C47H81O14P/c1-3-5-7-9-11-12-13-14-15-16-17-18-21-25-29-33-40(48)57-35-37(36-58-62(55,56)61-47-45(53)43(51)42(50)44(52)46(47)54)59-41(49)34-30-26-22-19-20-24-28-32-39-38(60-39)31-27-23-10-8-6-4-2/h14-15,19,22-24,27-28,37-39,42-47,50-54H,3-13,16-18,20-21,25-26,29-36H2,1-2H3,(H,55,56)/b15-14-,22-19-,27-23-,28-24-/t37-,38?,39?,42?,43-,44+,45-,46-,47?/m1/s1. The van der Waals surface area contributed by atoms with Crippen LogP contribution in [-0.4, -0.2) is 111 Å². The highest BCUT2D eigenvalue weighted by Crippen LogP contribution is 2.47. The number of rotatable bonds is 37. The summed E-state index contributed by atoms with van der Waals surface area (Å²) in [5.41, 5.74) is 0. The number of carbonyl (C=O) groups excluding carboxylic acids is 2. The van der Waals surface area contributed by atoms with Crippen LogP contribution in [0.5, 0.6) is 0 Å². The van der Waals surface area contributed by atoms with Gasteiger partial charge in [-0.05, 0) is 77.0 Å². The van der Waals surface area contributed by atoms with Crippen molar-refractivity contribution < 1.29 is 67.8 Å². The summed E-state index contributed by atoms with van der Waals surface area (Å²) in [6.07, 6.45) is 27.7. The monoisotopic (exact) mass is 901 g/mol. The number of ether oxygens (including phenoxy) is 3. The molecule has 10 atom stereocenters. The number of allylic oxidation sites excluding steroid dienone is 6. The second-order valence-corrected chi connectivity index (χ2v) is 18.0. The number of unbranched alkanes of at least 4 members (excludes halogenated alkanes) is 15. The largest absolute Gasteiger partial charge is 0.472 e. The summed E-state index contributed by atoms with van der Waals surface area (Å²) in [7, 11) is -5.14. The minimum atomic E-state index is -5.14. The third kappa shape index (κ3) is 25.9. The number of hydrogen-bond donors (Lipinski definition) is 6. The lowest BCUT2D eigenvalue weighted by Gasteiger charge is -2.41. The Morgan fingerprint density at radius 2 is 1.02 bits per heavy atom. The van der Waals surface area contributed by atoms with Gasteiger partial charge in [-0.15, -0.1) is 0 Å². The van der Waals surface area contributed by atoms with Crippen molar-refractivity contribution in [2.75, 3.05) is 13.2 Å². The highest BCUT2D eigenvalue weighted by molar-refractivity contribution is 7.47. The van der Waals surface area contributed by atoms with Crippen LogP contribution in [0.25, 0.3) is 0 Å². The Morgan fingerprint density at radius 3 is 1.65 bits per heavy atom. The van der Waals surface area contributed by atoms with Crippen LogP contribution in [0, 0.1) is 0 Å². The van der Waals surface area contributed by atoms with Crippen LogP contribution in [-0.2, 0) is 37.4 Å². The molecule has 1 saturated heterocycles. The van der Waals surface area contributed by atoms with E-state index < -0.39 is 75.7 Å². The van der Waals surface area contributed by atoms with Gasteiger partial charge in [0.25, 0.3) is 0 Å². The summed E-state index contributed by atoms with van der Waals surface area (Å²) in [4.78, 5) is 35.7. The van der Waals surface area contributed by atoms with E-state index in [-0.39, 0.29) is 18.9 Å². The smallest absolute Gasteiger partial charge is 0.462 e. The van der Waals surface area contributed by atoms with Gasteiger partial charge in [0, 0.05) is 12.8 Å². The van der Waals surface area contributed by atoms with E-state index in [9.17, 15) is 44.6 Å². The van der Waals surface area contributed by atoms with Crippen molar-refractivity contribution >= 4 is 19.8 Å². The molecule has 15 heteroatoms. The van der Waals surface area contributed by atoms with Gasteiger partial charge in [-0.3, -0.25) is 18.6 Å². The first-order chi connectivity index (χ1) is 29.9. The molecule has 2 rings (SSSR count). The Hall–Kier alpha value is -2.23. The molecular weight excluding hydrogens is 819 g/mol. The van der Waals surface area contributed by atoms with Gasteiger partial charge in [0.1, 0.15) is 43.2 Å². The molecule has 6 N–H and O–H groups in total. The maximum atomic E-state index is 12.8. The molecular formula is C47H81O14P. The van der Waals surface area contributed by atoms with E-state index in [0.29, 0.717) is 25.4 Å². The van der Waals surface area contributed by atoms with Crippen LogP contribution in [0.2, 0.25) is 0 Å². The van der Waals surface area contributed by atoms with Crippen LogP contribution in [0.15, 0.2) is 48.6 Å². The summed E-state index contributed by atoms with van der Waals surface area (Å²) in [6.45, 7) is 3.20. The molecule has 0 aromatic heterocycles.